The molecule has 0 aliphatic rings. The van der Waals surface area contributed by atoms with Crippen molar-refractivity contribution in [3.63, 3.8) is 0 Å². The van der Waals surface area contributed by atoms with Crippen LogP contribution in [-0.2, 0) is 0 Å². The Morgan fingerprint density at radius 1 is 0.667 bits per heavy atom. The molecule has 0 aromatic heterocycles. The van der Waals surface area contributed by atoms with Gasteiger partial charge in [0.15, 0.2) is 0 Å². The second-order valence-electron chi connectivity index (χ2n) is 5.90. The molecule has 0 aromatic rings. The molecule has 0 bridgehead atoms. The van der Waals surface area contributed by atoms with Gasteiger partial charge in [-0.3, -0.25) is 0 Å². The highest BCUT2D eigenvalue weighted by atomic mass is 14.9. The Hall–Kier alpha value is -0.0800. The summed E-state index contributed by atoms with van der Waals surface area (Å²) in [6, 6.07) is 0. The molecule has 0 spiro atoms. The zero-order valence-electron chi connectivity index (χ0n) is 13.8. The van der Waals surface area contributed by atoms with Gasteiger partial charge in [-0.1, -0.05) is 54.4 Å². The molecule has 18 heavy (non-hydrogen) atoms. The highest BCUT2D eigenvalue weighted by Crippen LogP contribution is 1.90. The molecular formula is C16H38N2. The minimum absolute atomic E-state index is 0.781. The van der Waals surface area contributed by atoms with Gasteiger partial charge >= 0.3 is 0 Å². The summed E-state index contributed by atoms with van der Waals surface area (Å²) in [5, 5.41) is 6.77. The minimum atomic E-state index is 0.781. The molecule has 0 fully saturated rings. The zero-order valence-corrected chi connectivity index (χ0v) is 13.8. The first-order chi connectivity index (χ1) is 8.54. The summed E-state index contributed by atoms with van der Waals surface area (Å²) in [5.74, 6) is 1.56. The van der Waals surface area contributed by atoms with Crippen molar-refractivity contribution < 1.29 is 0 Å². The summed E-state index contributed by atoms with van der Waals surface area (Å²) in [4.78, 5) is 0. The molecule has 0 aromatic carbocycles. The predicted octanol–water partition coefficient (Wildman–Crippen LogP) is 4.06. The van der Waals surface area contributed by atoms with Crippen LogP contribution in [0.2, 0.25) is 0 Å². The maximum absolute atomic E-state index is 3.39. The SMILES string of the molecule is CC(C)CNCC(C)C.CCCCNCCCC. The summed E-state index contributed by atoms with van der Waals surface area (Å²) in [7, 11) is 0. The lowest BCUT2D eigenvalue weighted by molar-refractivity contribution is 0.497. The average Bonchev–Trinajstić information content (AvgIpc) is 2.29. The van der Waals surface area contributed by atoms with Crippen molar-refractivity contribution in [2.24, 2.45) is 11.8 Å². The topological polar surface area (TPSA) is 24.1 Å². The van der Waals surface area contributed by atoms with Crippen LogP contribution in [-0.4, -0.2) is 26.2 Å². The smallest absolute Gasteiger partial charge is 0.00257 e. The molecule has 0 saturated carbocycles. The van der Waals surface area contributed by atoms with Gasteiger partial charge in [0.2, 0.25) is 0 Å². The molecule has 0 rings (SSSR count). The van der Waals surface area contributed by atoms with Gasteiger partial charge in [0.05, 0.1) is 0 Å². The fraction of sp³-hybridized carbons (Fsp3) is 1.00. The summed E-state index contributed by atoms with van der Waals surface area (Å²) in [6.45, 7) is 18.1. The zero-order chi connectivity index (χ0) is 14.2. The molecule has 2 N–H and O–H groups in total. The average molecular weight is 258 g/mol. The first-order valence-corrected chi connectivity index (χ1v) is 7.95. The van der Waals surface area contributed by atoms with Crippen molar-refractivity contribution >= 4 is 0 Å². The van der Waals surface area contributed by atoms with Crippen LogP contribution in [0.15, 0.2) is 0 Å². The van der Waals surface area contributed by atoms with E-state index in [1.165, 1.54) is 38.8 Å². The Balaban J connectivity index is 0. The van der Waals surface area contributed by atoms with E-state index >= 15 is 0 Å². The van der Waals surface area contributed by atoms with E-state index in [0.29, 0.717) is 0 Å². The molecule has 2 heteroatoms. The largest absolute Gasteiger partial charge is 0.317 e. The Bertz CT molecular complexity index is 119. The molecule has 0 radical (unpaired) electrons. The third kappa shape index (κ3) is 24.9. The fourth-order valence-corrected chi connectivity index (χ4v) is 1.39. The Labute approximate surface area is 116 Å². The molecule has 0 atom stereocenters. The lowest BCUT2D eigenvalue weighted by Gasteiger charge is -2.08. The molecule has 0 amide bonds. The van der Waals surface area contributed by atoms with Gasteiger partial charge in [-0.2, -0.15) is 0 Å². The van der Waals surface area contributed by atoms with Crippen molar-refractivity contribution in [3.05, 3.63) is 0 Å². The first kappa shape index (κ1) is 20.2. The number of hydrogen-bond acceptors (Lipinski definition) is 2. The highest BCUT2D eigenvalue weighted by molar-refractivity contribution is 4.53. The Morgan fingerprint density at radius 3 is 1.33 bits per heavy atom. The number of hydrogen-bond donors (Lipinski definition) is 2. The monoisotopic (exact) mass is 258 g/mol. The molecule has 112 valence electrons. The number of nitrogens with one attached hydrogen (secondary N) is 2. The maximum Gasteiger partial charge on any atom is -0.00257 e. The molecule has 0 heterocycles. The van der Waals surface area contributed by atoms with Gasteiger partial charge in [0, 0.05) is 0 Å². The van der Waals surface area contributed by atoms with Crippen LogP contribution < -0.4 is 10.6 Å². The summed E-state index contributed by atoms with van der Waals surface area (Å²) in [5.41, 5.74) is 0. The van der Waals surface area contributed by atoms with Crippen molar-refractivity contribution in [3.8, 4) is 0 Å². The lowest BCUT2D eigenvalue weighted by atomic mass is 10.2. The quantitative estimate of drug-likeness (QED) is 0.577. The van der Waals surface area contributed by atoms with Crippen molar-refractivity contribution in [1.82, 2.24) is 10.6 Å². The van der Waals surface area contributed by atoms with Crippen LogP contribution in [0.1, 0.15) is 67.2 Å². The van der Waals surface area contributed by atoms with E-state index in [1.807, 2.05) is 0 Å². The normalized spacial score (nSPS) is 10.7. The van der Waals surface area contributed by atoms with E-state index in [2.05, 4.69) is 52.2 Å². The Kier molecular flexibility index (Phi) is 19.0. The molecule has 2 nitrogen and oxygen atoms in total. The third-order valence-electron chi connectivity index (χ3n) is 2.52. The summed E-state index contributed by atoms with van der Waals surface area (Å²) >= 11 is 0. The number of rotatable bonds is 10. The van der Waals surface area contributed by atoms with Crippen LogP contribution >= 0.6 is 0 Å². The van der Waals surface area contributed by atoms with Crippen LogP contribution in [0.5, 0.6) is 0 Å². The van der Waals surface area contributed by atoms with Crippen LogP contribution in [0, 0.1) is 11.8 Å². The standard InChI is InChI=1S/2C8H19N/c1-7(2)5-9-6-8(3)4;1-3-5-7-9-8-6-4-2/h7-9H,5-6H2,1-4H3;9H,3-8H2,1-2H3. The molecule has 0 saturated heterocycles. The van der Waals surface area contributed by atoms with E-state index in [4.69, 9.17) is 0 Å². The van der Waals surface area contributed by atoms with E-state index < -0.39 is 0 Å². The molecule has 0 unspecified atom stereocenters. The molecular weight excluding hydrogens is 220 g/mol. The molecule has 0 aliphatic heterocycles. The summed E-state index contributed by atoms with van der Waals surface area (Å²) in [6.07, 6.45) is 5.26. The first-order valence-electron chi connectivity index (χ1n) is 7.95. The van der Waals surface area contributed by atoms with E-state index in [-0.39, 0.29) is 0 Å². The van der Waals surface area contributed by atoms with Gasteiger partial charge in [0.25, 0.3) is 0 Å². The van der Waals surface area contributed by atoms with Gasteiger partial charge < -0.3 is 10.6 Å². The lowest BCUT2D eigenvalue weighted by Crippen LogP contribution is -2.23. The predicted molar refractivity (Wildman–Crippen MR) is 85.2 cm³/mol. The second-order valence-corrected chi connectivity index (χ2v) is 5.90. The summed E-state index contributed by atoms with van der Waals surface area (Å²) < 4.78 is 0. The fourth-order valence-electron chi connectivity index (χ4n) is 1.39. The second kappa shape index (κ2) is 16.9. The van der Waals surface area contributed by atoms with E-state index in [0.717, 1.165) is 24.9 Å². The number of unbranched alkanes of at least 4 members (excludes halogenated alkanes) is 2. The van der Waals surface area contributed by atoms with Gasteiger partial charge in [-0.25, -0.2) is 0 Å². The van der Waals surface area contributed by atoms with Gasteiger partial charge in [0.1, 0.15) is 0 Å². The molecule has 0 aliphatic carbocycles. The Morgan fingerprint density at radius 2 is 1.06 bits per heavy atom. The van der Waals surface area contributed by atoms with Crippen LogP contribution in [0.25, 0.3) is 0 Å². The highest BCUT2D eigenvalue weighted by Gasteiger charge is 1.94. The van der Waals surface area contributed by atoms with Crippen molar-refractivity contribution in [2.45, 2.75) is 67.2 Å². The van der Waals surface area contributed by atoms with Gasteiger partial charge in [-0.05, 0) is 50.9 Å². The van der Waals surface area contributed by atoms with Gasteiger partial charge in [-0.15, -0.1) is 0 Å². The van der Waals surface area contributed by atoms with E-state index in [9.17, 15) is 0 Å². The van der Waals surface area contributed by atoms with E-state index in [1.54, 1.807) is 0 Å². The van der Waals surface area contributed by atoms with Crippen molar-refractivity contribution in [1.29, 1.82) is 0 Å². The van der Waals surface area contributed by atoms with Crippen LogP contribution in [0.4, 0.5) is 0 Å². The third-order valence-corrected chi connectivity index (χ3v) is 2.52. The minimum Gasteiger partial charge on any atom is -0.317 e. The van der Waals surface area contributed by atoms with Crippen molar-refractivity contribution in [2.75, 3.05) is 26.2 Å². The maximum atomic E-state index is 3.39. The van der Waals surface area contributed by atoms with Crippen LogP contribution in [0.3, 0.4) is 0 Å².